The maximum absolute atomic E-state index is 12.6. The summed E-state index contributed by atoms with van der Waals surface area (Å²) >= 11 is 0. The van der Waals surface area contributed by atoms with Crippen LogP contribution in [0.4, 0.5) is 23.0 Å². The normalized spacial score (nSPS) is 10.1. The van der Waals surface area contributed by atoms with Gasteiger partial charge in [0.2, 0.25) is 11.9 Å². The second kappa shape index (κ2) is 8.09. The fourth-order valence-corrected chi connectivity index (χ4v) is 2.46. The van der Waals surface area contributed by atoms with Crippen molar-refractivity contribution in [3.63, 3.8) is 0 Å². The molecule has 136 valence electrons. The molecule has 2 amide bonds. The van der Waals surface area contributed by atoms with Gasteiger partial charge in [0.25, 0.3) is 5.91 Å². The molecule has 7 heteroatoms. The Bertz CT molecular complexity index is 973. The van der Waals surface area contributed by atoms with Crippen LogP contribution in [0.5, 0.6) is 0 Å². The van der Waals surface area contributed by atoms with Crippen molar-refractivity contribution in [1.29, 1.82) is 0 Å². The molecule has 27 heavy (non-hydrogen) atoms. The summed E-state index contributed by atoms with van der Waals surface area (Å²) in [4.78, 5) is 32.4. The first kappa shape index (κ1) is 18.1. The number of para-hydroxylation sites is 1. The summed E-state index contributed by atoms with van der Waals surface area (Å²) in [6, 6.07) is 18.0. The minimum atomic E-state index is -0.364. The topological polar surface area (TPSA) is 96.0 Å². The highest BCUT2D eigenvalue weighted by Crippen LogP contribution is 2.17. The molecule has 3 aromatic rings. The fourth-order valence-electron chi connectivity index (χ4n) is 2.46. The first-order valence-electron chi connectivity index (χ1n) is 8.36. The number of amides is 2. The van der Waals surface area contributed by atoms with Crippen LogP contribution in [-0.4, -0.2) is 21.8 Å². The van der Waals surface area contributed by atoms with Crippen LogP contribution in [0.15, 0.2) is 60.7 Å². The molecule has 0 saturated heterocycles. The Hall–Kier alpha value is -3.74. The third-order valence-corrected chi connectivity index (χ3v) is 3.56. The van der Waals surface area contributed by atoms with Gasteiger partial charge in [0.1, 0.15) is 5.69 Å². The molecule has 0 spiro atoms. The lowest BCUT2D eigenvalue weighted by molar-refractivity contribution is -0.114. The summed E-state index contributed by atoms with van der Waals surface area (Å²) in [6.07, 6.45) is 0. The summed E-state index contributed by atoms with van der Waals surface area (Å²) < 4.78 is 0. The minimum absolute atomic E-state index is 0.179. The zero-order valence-corrected chi connectivity index (χ0v) is 15.0. The van der Waals surface area contributed by atoms with Crippen molar-refractivity contribution >= 4 is 34.8 Å². The van der Waals surface area contributed by atoms with E-state index in [2.05, 4.69) is 25.9 Å². The molecule has 0 aliphatic heterocycles. The lowest BCUT2D eigenvalue weighted by Gasteiger charge is -2.10. The van der Waals surface area contributed by atoms with Gasteiger partial charge < -0.3 is 16.0 Å². The number of aromatic nitrogens is 2. The number of aryl methyl sites for hydroxylation is 1. The van der Waals surface area contributed by atoms with E-state index in [1.807, 2.05) is 30.3 Å². The molecule has 0 aliphatic rings. The Morgan fingerprint density at radius 1 is 0.815 bits per heavy atom. The fraction of sp³-hybridized carbons (Fsp3) is 0.100. The predicted octanol–water partition coefficient (Wildman–Crippen LogP) is 3.74. The molecule has 3 N–H and O–H groups in total. The minimum Gasteiger partial charge on any atom is -0.326 e. The molecule has 2 aromatic carbocycles. The number of carbonyl (C=O) groups is 2. The standard InChI is InChI=1S/C20H19N5O2/c1-13-11-18(25-20(21-13)24-15-7-4-3-5-8-15)19(27)23-17-10-6-9-16(12-17)22-14(2)26/h3-12H,1-2H3,(H,22,26)(H,23,27)(H,21,24,25). The van der Waals surface area contributed by atoms with Gasteiger partial charge in [-0.3, -0.25) is 9.59 Å². The lowest BCUT2D eigenvalue weighted by atomic mass is 10.2. The van der Waals surface area contributed by atoms with Crippen LogP contribution in [0.25, 0.3) is 0 Å². The number of nitrogens with zero attached hydrogens (tertiary/aromatic N) is 2. The van der Waals surface area contributed by atoms with Crippen LogP contribution in [-0.2, 0) is 4.79 Å². The monoisotopic (exact) mass is 361 g/mol. The maximum Gasteiger partial charge on any atom is 0.274 e. The zero-order chi connectivity index (χ0) is 19.2. The quantitative estimate of drug-likeness (QED) is 0.643. The van der Waals surface area contributed by atoms with E-state index in [1.165, 1.54) is 6.92 Å². The van der Waals surface area contributed by atoms with E-state index in [0.717, 1.165) is 5.69 Å². The van der Waals surface area contributed by atoms with E-state index in [-0.39, 0.29) is 17.5 Å². The molecule has 0 fully saturated rings. The van der Waals surface area contributed by atoms with Crippen molar-refractivity contribution in [2.45, 2.75) is 13.8 Å². The van der Waals surface area contributed by atoms with E-state index in [0.29, 0.717) is 23.0 Å². The van der Waals surface area contributed by atoms with Gasteiger partial charge in [-0.1, -0.05) is 24.3 Å². The van der Waals surface area contributed by atoms with Crippen LogP contribution in [0.3, 0.4) is 0 Å². The van der Waals surface area contributed by atoms with Crippen molar-refractivity contribution in [1.82, 2.24) is 9.97 Å². The summed E-state index contributed by atoms with van der Waals surface area (Å²) in [5, 5.41) is 8.54. The molecule has 3 rings (SSSR count). The predicted molar refractivity (Wildman–Crippen MR) is 105 cm³/mol. The average molecular weight is 361 g/mol. The molecule has 0 bridgehead atoms. The number of benzene rings is 2. The van der Waals surface area contributed by atoms with Crippen molar-refractivity contribution in [2.24, 2.45) is 0 Å². The van der Waals surface area contributed by atoms with E-state index >= 15 is 0 Å². The van der Waals surface area contributed by atoms with E-state index in [4.69, 9.17) is 0 Å². The Labute approximate surface area is 156 Å². The molecular formula is C20H19N5O2. The van der Waals surface area contributed by atoms with Crippen molar-refractivity contribution < 1.29 is 9.59 Å². The number of nitrogens with one attached hydrogen (secondary N) is 3. The molecular weight excluding hydrogens is 342 g/mol. The van der Waals surface area contributed by atoms with Gasteiger partial charge in [-0.05, 0) is 43.3 Å². The molecule has 0 aliphatic carbocycles. The summed E-state index contributed by atoms with van der Waals surface area (Å²) in [5.41, 5.74) is 2.90. The van der Waals surface area contributed by atoms with Crippen molar-refractivity contribution in [3.05, 3.63) is 72.1 Å². The van der Waals surface area contributed by atoms with Gasteiger partial charge in [0, 0.05) is 29.7 Å². The van der Waals surface area contributed by atoms with E-state index in [9.17, 15) is 9.59 Å². The molecule has 7 nitrogen and oxygen atoms in total. The van der Waals surface area contributed by atoms with Crippen LogP contribution in [0.1, 0.15) is 23.1 Å². The summed E-state index contributed by atoms with van der Waals surface area (Å²) in [6.45, 7) is 3.22. The number of rotatable bonds is 5. The SMILES string of the molecule is CC(=O)Nc1cccc(NC(=O)c2cc(C)nc(Nc3ccccc3)n2)c1. The number of hydrogen-bond donors (Lipinski definition) is 3. The molecule has 0 atom stereocenters. The Balaban J connectivity index is 1.77. The number of anilines is 4. The van der Waals surface area contributed by atoms with Crippen molar-refractivity contribution in [2.75, 3.05) is 16.0 Å². The third kappa shape index (κ3) is 5.12. The molecule has 0 unspecified atom stereocenters. The van der Waals surface area contributed by atoms with Gasteiger partial charge in [0.05, 0.1) is 0 Å². The van der Waals surface area contributed by atoms with Gasteiger partial charge in [-0.2, -0.15) is 0 Å². The van der Waals surface area contributed by atoms with Crippen LogP contribution < -0.4 is 16.0 Å². The summed E-state index contributed by atoms with van der Waals surface area (Å²) in [5.74, 6) is -0.198. The van der Waals surface area contributed by atoms with Crippen LogP contribution in [0.2, 0.25) is 0 Å². The Morgan fingerprint density at radius 3 is 2.19 bits per heavy atom. The zero-order valence-electron chi connectivity index (χ0n) is 15.0. The molecule has 1 heterocycles. The second-order valence-electron chi connectivity index (χ2n) is 5.93. The smallest absolute Gasteiger partial charge is 0.274 e. The van der Waals surface area contributed by atoms with Gasteiger partial charge in [0.15, 0.2) is 0 Å². The third-order valence-electron chi connectivity index (χ3n) is 3.56. The van der Waals surface area contributed by atoms with E-state index in [1.54, 1.807) is 37.3 Å². The van der Waals surface area contributed by atoms with E-state index < -0.39 is 0 Å². The van der Waals surface area contributed by atoms with Crippen LogP contribution >= 0.6 is 0 Å². The summed E-state index contributed by atoms with van der Waals surface area (Å²) in [7, 11) is 0. The number of carbonyl (C=O) groups excluding carboxylic acids is 2. The molecule has 1 aromatic heterocycles. The highest BCUT2D eigenvalue weighted by Gasteiger charge is 2.12. The highest BCUT2D eigenvalue weighted by atomic mass is 16.2. The Kier molecular flexibility index (Phi) is 5.41. The maximum atomic E-state index is 12.6. The van der Waals surface area contributed by atoms with Crippen molar-refractivity contribution in [3.8, 4) is 0 Å². The lowest BCUT2D eigenvalue weighted by Crippen LogP contribution is -2.16. The molecule has 0 radical (unpaired) electrons. The van der Waals surface area contributed by atoms with Gasteiger partial charge in [-0.25, -0.2) is 9.97 Å². The first-order valence-corrected chi connectivity index (χ1v) is 8.36. The highest BCUT2D eigenvalue weighted by molar-refractivity contribution is 6.03. The van der Waals surface area contributed by atoms with Gasteiger partial charge in [-0.15, -0.1) is 0 Å². The largest absolute Gasteiger partial charge is 0.326 e. The second-order valence-corrected chi connectivity index (χ2v) is 5.93. The average Bonchev–Trinajstić information content (AvgIpc) is 2.62. The first-order chi connectivity index (χ1) is 13.0. The number of hydrogen-bond acceptors (Lipinski definition) is 5. The van der Waals surface area contributed by atoms with Crippen LogP contribution in [0, 0.1) is 6.92 Å². The Morgan fingerprint density at radius 2 is 1.48 bits per heavy atom. The van der Waals surface area contributed by atoms with Gasteiger partial charge >= 0.3 is 0 Å². The molecule has 0 saturated carbocycles.